The lowest BCUT2D eigenvalue weighted by Crippen LogP contribution is -2.39. The fourth-order valence-corrected chi connectivity index (χ4v) is 2.97. The van der Waals surface area contributed by atoms with E-state index in [-0.39, 0.29) is 0 Å². The van der Waals surface area contributed by atoms with Gasteiger partial charge in [-0.15, -0.1) is 6.58 Å². The first-order valence-electron chi connectivity index (χ1n) is 8.11. The molecule has 0 radical (unpaired) electrons. The maximum Gasteiger partial charge on any atom is 0.191 e. The van der Waals surface area contributed by atoms with E-state index in [1.807, 2.05) is 24.9 Å². The molecular weight excluding hydrogens is 282 g/mol. The highest BCUT2D eigenvalue weighted by atomic mass is 32.2. The van der Waals surface area contributed by atoms with Crippen LogP contribution in [0.15, 0.2) is 17.6 Å². The number of thioether (sulfide) groups is 1. The lowest BCUT2D eigenvalue weighted by molar-refractivity contribution is 0.0277. The first-order chi connectivity index (χ1) is 10.4. The molecular formula is C16H31N3OS. The number of nitrogens with zero attached hydrogens (tertiary/aromatic N) is 1. The Morgan fingerprint density at radius 3 is 2.76 bits per heavy atom. The van der Waals surface area contributed by atoms with Crippen LogP contribution in [0, 0.1) is 0 Å². The van der Waals surface area contributed by atoms with Crippen LogP contribution in [0.5, 0.6) is 0 Å². The van der Waals surface area contributed by atoms with Crippen molar-refractivity contribution in [3.05, 3.63) is 12.7 Å². The molecule has 1 saturated carbocycles. The fraction of sp³-hybridized carbons (Fsp3) is 0.812. The quantitative estimate of drug-likeness (QED) is 0.282. The van der Waals surface area contributed by atoms with Gasteiger partial charge in [-0.3, -0.25) is 4.99 Å². The molecule has 4 nitrogen and oxygen atoms in total. The van der Waals surface area contributed by atoms with Crippen LogP contribution < -0.4 is 10.6 Å². The van der Waals surface area contributed by atoms with E-state index in [1.54, 1.807) is 0 Å². The van der Waals surface area contributed by atoms with Gasteiger partial charge in [0, 0.05) is 38.2 Å². The molecule has 0 unspecified atom stereocenters. The molecule has 21 heavy (non-hydrogen) atoms. The molecule has 1 aliphatic carbocycles. The van der Waals surface area contributed by atoms with Gasteiger partial charge in [0.2, 0.25) is 0 Å². The Hall–Kier alpha value is -0.680. The highest BCUT2D eigenvalue weighted by molar-refractivity contribution is 7.99. The molecule has 0 atom stereocenters. The van der Waals surface area contributed by atoms with Crippen LogP contribution in [-0.2, 0) is 4.74 Å². The zero-order chi connectivity index (χ0) is 15.2. The van der Waals surface area contributed by atoms with Gasteiger partial charge >= 0.3 is 0 Å². The zero-order valence-corrected chi connectivity index (χ0v) is 14.2. The number of hydrogen-bond donors (Lipinski definition) is 2. The molecule has 1 fully saturated rings. The second-order valence-corrected chi connectivity index (χ2v) is 6.42. The van der Waals surface area contributed by atoms with Crippen molar-refractivity contribution < 1.29 is 4.74 Å². The highest BCUT2D eigenvalue weighted by Crippen LogP contribution is 2.20. The van der Waals surface area contributed by atoms with E-state index in [9.17, 15) is 0 Å². The Morgan fingerprint density at radius 1 is 1.29 bits per heavy atom. The van der Waals surface area contributed by atoms with Crippen molar-refractivity contribution >= 4 is 17.7 Å². The van der Waals surface area contributed by atoms with Crippen LogP contribution in [0.3, 0.4) is 0 Å². The van der Waals surface area contributed by atoms with Gasteiger partial charge in [-0.25, -0.2) is 0 Å². The van der Waals surface area contributed by atoms with E-state index in [4.69, 9.17) is 4.74 Å². The van der Waals surface area contributed by atoms with E-state index in [1.165, 1.54) is 32.1 Å². The van der Waals surface area contributed by atoms with Crippen molar-refractivity contribution in [3.8, 4) is 0 Å². The Morgan fingerprint density at radius 2 is 2.05 bits per heavy atom. The van der Waals surface area contributed by atoms with Crippen LogP contribution in [0.1, 0.15) is 38.5 Å². The maximum absolute atomic E-state index is 5.91. The Balaban J connectivity index is 1.95. The molecule has 5 heteroatoms. The van der Waals surface area contributed by atoms with Crippen molar-refractivity contribution in [1.82, 2.24) is 10.6 Å². The molecule has 2 N–H and O–H groups in total. The SMILES string of the molecule is C=CCSCCNC(=NC)NCCCOC1CCCCC1. The molecule has 1 aliphatic rings. The summed E-state index contributed by atoms with van der Waals surface area (Å²) in [5, 5.41) is 6.64. The van der Waals surface area contributed by atoms with Gasteiger partial charge < -0.3 is 15.4 Å². The third-order valence-electron chi connectivity index (χ3n) is 3.52. The summed E-state index contributed by atoms with van der Waals surface area (Å²) in [7, 11) is 1.81. The van der Waals surface area contributed by atoms with Crippen molar-refractivity contribution in [3.63, 3.8) is 0 Å². The first-order valence-corrected chi connectivity index (χ1v) is 9.27. The molecule has 0 bridgehead atoms. The third kappa shape index (κ3) is 9.80. The molecule has 0 aliphatic heterocycles. The van der Waals surface area contributed by atoms with Crippen LogP contribution in [0.25, 0.3) is 0 Å². The minimum atomic E-state index is 0.512. The Bertz CT molecular complexity index is 291. The Kier molecular flexibility index (Phi) is 11.4. The number of ether oxygens (including phenoxy) is 1. The third-order valence-corrected chi connectivity index (χ3v) is 4.48. The lowest BCUT2D eigenvalue weighted by atomic mass is 9.98. The van der Waals surface area contributed by atoms with Gasteiger partial charge in [0.15, 0.2) is 5.96 Å². The topological polar surface area (TPSA) is 45.7 Å². The number of guanidine groups is 1. The largest absolute Gasteiger partial charge is 0.378 e. The van der Waals surface area contributed by atoms with Gasteiger partial charge in [0.25, 0.3) is 0 Å². The average Bonchev–Trinajstić information content (AvgIpc) is 2.53. The number of aliphatic imine (C=N–C) groups is 1. The average molecular weight is 314 g/mol. The number of rotatable bonds is 10. The summed E-state index contributed by atoms with van der Waals surface area (Å²) in [4.78, 5) is 4.22. The van der Waals surface area contributed by atoms with E-state index in [0.29, 0.717) is 6.10 Å². The summed E-state index contributed by atoms with van der Waals surface area (Å²) in [5.41, 5.74) is 0. The van der Waals surface area contributed by atoms with E-state index in [2.05, 4.69) is 22.2 Å². The minimum Gasteiger partial charge on any atom is -0.378 e. The van der Waals surface area contributed by atoms with Gasteiger partial charge in [-0.1, -0.05) is 25.3 Å². The summed E-state index contributed by atoms with van der Waals surface area (Å²) >= 11 is 1.87. The second-order valence-electron chi connectivity index (χ2n) is 5.27. The van der Waals surface area contributed by atoms with Gasteiger partial charge in [0.1, 0.15) is 0 Å². The molecule has 122 valence electrons. The molecule has 0 amide bonds. The molecule has 0 aromatic heterocycles. The number of hydrogen-bond acceptors (Lipinski definition) is 3. The molecule has 0 aromatic carbocycles. The lowest BCUT2D eigenvalue weighted by Gasteiger charge is -2.22. The summed E-state index contributed by atoms with van der Waals surface area (Å²) in [6.07, 6.45) is 10.0. The van der Waals surface area contributed by atoms with Crippen LogP contribution >= 0.6 is 11.8 Å². The second kappa shape index (κ2) is 13.0. The smallest absolute Gasteiger partial charge is 0.191 e. The molecule has 0 heterocycles. The standard InChI is InChI=1S/C16H31N3OS/c1-3-13-21-14-11-19-16(17-2)18-10-7-12-20-15-8-5-4-6-9-15/h3,15H,1,4-14H2,2H3,(H2,17,18,19). The predicted molar refractivity (Wildman–Crippen MR) is 94.3 cm³/mol. The van der Waals surface area contributed by atoms with E-state index >= 15 is 0 Å². The molecule has 0 spiro atoms. The van der Waals surface area contributed by atoms with Gasteiger partial charge in [-0.2, -0.15) is 11.8 Å². The molecule has 0 saturated heterocycles. The van der Waals surface area contributed by atoms with Crippen molar-refractivity contribution in [2.45, 2.75) is 44.6 Å². The first kappa shape index (κ1) is 18.4. The normalized spacial score (nSPS) is 16.7. The van der Waals surface area contributed by atoms with Crippen molar-refractivity contribution in [1.29, 1.82) is 0 Å². The summed E-state index contributed by atoms with van der Waals surface area (Å²) in [6.45, 7) is 6.40. The summed E-state index contributed by atoms with van der Waals surface area (Å²) in [6, 6.07) is 0. The molecule has 0 aromatic rings. The van der Waals surface area contributed by atoms with Crippen molar-refractivity contribution in [2.75, 3.05) is 38.2 Å². The van der Waals surface area contributed by atoms with Gasteiger partial charge in [-0.05, 0) is 19.3 Å². The summed E-state index contributed by atoms with van der Waals surface area (Å²) in [5.74, 6) is 2.95. The van der Waals surface area contributed by atoms with Crippen LogP contribution in [0.2, 0.25) is 0 Å². The fourth-order valence-electron chi connectivity index (χ4n) is 2.39. The predicted octanol–water partition coefficient (Wildman–Crippen LogP) is 2.81. The van der Waals surface area contributed by atoms with E-state index in [0.717, 1.165) is 43.6 Å². The van der Waals surface area contributed by atoms with Crippen molar-refractivity contribution in [2.24, 2.45) is 4.99 Å². The van der Waals surface area contributed by atoms with E-state index < -0.39 is 0 Å². The zero-order valence-electron chi connectivity index (χ0n) is 13.4. The van der Waals surface area contributed by atoms with Crippen LogP contribution in [-0.4, -0.2) is 50.3 Å². The summed E-state index contributed by atoms with van der Waals surface area (Å²) < 4.78 is 5.91. The molecule has 1 rings (SSSR count). The highest BCUT2D eigenvalue weighted by Gasteiger charge is 2.12. The van der Waals surface area contributed by atoms with Gasteiger partial charge in [0.05, 0.1) is 6.10 Å². The van der Waals surface area contributed by atoms with Crippen LogP contribution in [0.4, 0.5) is 0 Å². The number of nitrogens with one attached hydrogen (secondary N) is 2. The Labute approximate surface area is 134 Å². The minimum absolute atomic E-state index is 0.512. The maximum atomic E-state index is 5.91. The monoisotopic (exact) mass is 313 g/mol.